The molecule has 0 unspecified atom stereocenters. The van der Waals surface area contributed by atoms with Gasteiger partial charge < -0.3 is 10.3 Å². The Morgan fingerprint density at radius 1 is 1.78 bits per heavy atom. The fraction of sp³-hybridized carbons (Fsp3) is 0.200. The number of aromatic nitrogens is 2. The largest absolute Gasteiger partial charge is 0.366 e. The third-order valence-electron chi connectivity index (χ3n) is 0.923. The van der Waals surface area contributed by atoms with Crippen molar-refractivity contribution in [3.8, 4) is 0 Å². The number of hydrogen-bond acceptors (Lipinski definition) is 4. The van der Waals surface area contributed by atoms with Gasteiger partial charge in [-0.1, -0.05) is 6.08 Å². The van der Waals surface area contributed by atoms with Crippen LogP contribution in [0.15, 0.2) is 17.2 Å². The number of rotatable bonds is 2. The van der Waals surface area contributed by atoms with Gasteiger partial charge in [0.15, 0.2) is 0 Å². The molecule has 1 heterocycles. The molecule has 0 atom stereocenters. The molecule has 9 heavy (non-hydrogen) atoms. The van der Waals surface area contributed by atoms with E-state index in [-0.39, 0.29) is 5.88 Å². The Balaban J connectivity index is 2.80. The Bertz CT molecular complexity index is 206. The highest BCUT2D eigenvalue weighted by atomic mass is 16.5. The van der Waals surface area contributed by atoms with Crippen molar-refractivity contribution in [1.29, 1.82) is 0 Å². The summed E-state index contributed by atoms with van der Waals surface area (Å²) in [5.41, 5.74) is 5.93. The predicted octanol–water partition coefficient (Wildman–Crippen LogP) is 0.380. The van der Waals surface area contributed by atoms with Crippen molar-refractivity contribution < 1.29 is 4.52 Å². The van der Waals surface area contributed by atoms with Crippen molar-refractivity contribution >= 4 is 5.88 Å². The molecular weight excluding hydrogens is 118 g/mol. The Morgan fingerprint density at radius 3 is 3.00 bits per heavy atom. The zero-order valence-electron chi connectivity index (χ0n) is 4.87. The normalized spacial score (nSPS) is 9.33. The lowest BCUT2D eigenvalue weighted by atomic mass is 10.3. The van der Waals surface area contributed by atoms with E-state index in [4.69, 9.17) is 5.73 Å². The van der Waals surface area contributed by atoms with E-state index in [0.717, 1.165) is 0 Å². The average molecular weight is 125 g/mol. The van der Waals surface area contributed by atoms with E-state index in [2.05, 4.69) is 21.5 Å². The van der Waals surface area contributed by atoms with E-state index >= 15 is 0 Å². The fourth-order valence-electron chi connectivity index (χ4n) is 0.494. The lowest BCUT2D eigenvalue weighted by Crippen LogP contribution is -1.88. The van der Waals surface area contributed by atoms with Crippen molar-refractivity contribution in [2.45, 2.75) is 6.42 Å². The van der Waals surface area contributed by atoms with Gasteiger partial charge in [0, 0.05) is 11.7 Å². The number of allylic oxidation sites excluding steroid dienone is 1. The second-order valence-electron chi connectivity index (χ2n) is 1.58. The van der Waals surface area contributed by atoms with Crippen molar-refractivity contribution in [2.75, 3.05) is 5.73 Å². The molecule has 0 amide bonds. The fourth-order valence-corrected chi connectivity index (χ4v) is 0.494. The molecule has 0 aliphatic carbocycles. The van der Waals surface area contributed by atoms with Crippen molar-refractivity contribution in [3.05, 3.63) is 18.3 Å². The van der Waals surface area contributed by atoms with Crippen LogP contribution in [0.25, 0.3) is 0 Å². The quantitative estimate of drug-likeness (QED) is 0.580. The number of anilines is 1. The zero-order valence-corrected chi connectivity index (χ0v) is 4.87. The maximum Gasteiger partial charge on any atom is 0.246 e. The minimum atomic E-state index is 0.273. The van der Waals surface area contributed by atoms with E-state index in [0.29, 0.717) is 12.1 Å². The standard InChI is InChI=1S/C5H7N3O/c1-2-3-4-5(6)9-8-7-4/h2H,1,3,6H2. The maximum absolute atomic E-state index is 5.29. The van der Waals surface area contributed by atoms with Crippen molar-refractivity contribution in [1.82, 2.24) is 10.4 Å². The lowest BCUT2D eigenvalue weighted by molar-refractivity contribution is 0.407. The van der Waals surface area contributed by atoms with E-state index in [1.165, 1.54) is 0 Å². The Kier molecular flexibility index (Phi) is 1.48. The van der Waals surface area contributed by atoms with E-state index < -0.39 is 0 Å². The smallest absolute Gasteiger partial charge is 0.246 e. The van der Waals surface area contributed by atoms with Crippen LogP contribution >= 0.6 is 0 Å². The molecule has 4 nitrogen and oxygen atoms in total. The van der Waals surface area contributed by atoms with Crippen LogP contribution in [-0.4, -0.2) is 10.4 Å². The van der Waals surface area contributed by atoms with Gasteiger partial charge in [0.1, 0.15) is 5.69 Å². The summed E-state index contributed by atoms with van der Waals surface area (Å²) in [4.78, 5) is 0. The van der Waals surface area contributed by atoms with Gasteiger partial charge in [-0.15, -0.1) is 11.7 Å². The molecule has 1 aromatic heterocycles. The molecule has 0 saturated heterocycles. The van der Waals surface area contributed by atoms with E-state index in [1.54, 1.807) is 6.08 Å². The van der Waals surface area contributed by atoms with Gasteiger partial charge in [0.2, 0.25) is 5.88 Å². The molecule has 0 radical (unpaired) electrons. The molecule has 0 aliphatic heterocycles. The van der Waals surface area contributed by atoms with Crippen LogP contribution in [0.5, 0.6) is 0 Å². The number of nitrogens with two attached hydrogens (primary N) is 1. The number of hydrogen-bond donors (Lipinski definition) is 1. The monoisotopic (exact) mass is 125 g/mol. The van der Waals surface area contributed by atoms with E-state index in [1.807, 2.05) is 0 Å². The second-order valence-corrected chi connectivity index (χ2v) is 1.58. The summed E-state index contributed by atoms with van der Waals surface area (Å²) in [7, 11) is 0. The Hall–Kier alpha value is -1.32. The lowest BCUT2D eigenvalue weighted by Gasteiger charge is -1.83. The summed E-state index contributed by atoms with van der Waals surface area (Å²) in [5, 5.41) is 6.84. The van der Waals surface area contributed by atoms with Crippen LogP contribution in [0.2, 0.25) is 0 Å². The minimum Gasteiger partial charge on any atom is -0.366 e. The minimum absolute atomic E-state index is 0.273. The molecule has 0 aromatic carbocycles. The van der Waals surface area contributed by atoms with Crippen molar-refractivity contribution in [2.24, 2.45) is 0 Å². The summed E-state index contributed by atoms with van der Waals surface area (Å²) >= 11 is 0. The summed E-state index contributed by atoms with van der Waals surface area (Å²) in [6, 6.07) is 0. The van der Waals surface area contributed by atoms with Gasteiger partial charge in [-0.05, 0) is 0 Å². The molecular formula is C5H7N3O. The van der Waals surface area contributed by atoms with Gasteiger partial charge in [-0.25, -0.2) is 0 Å². The van der Waals surface area contributed by atoms with Gasteiger partial charge in [0.25, 0.3) is 0 Å². The highest BCUT2D eigenvalue weighted by molar-refractivity contribution is 5.29. The van der Waals surface area contributed by atoms with Gasteiger partial charge >= 0.3 is 0 Å². The molecule has 2 N–H and O–H groups in total. The number of nitrogen functional groups attached to an aromatic ring is 1. The molecule has 0 saturated carbocycles. The molecule has 0 aliphatic rings. The summed E-state index contributed by atoms with van der Waals surface area (Å²) in [6.45, 7) is 3.51. The Morgan fingerprint density at radius 2 is 2.56 bits per heavy atom. The van der Waals surface area contributed by atoms with Crippen LogP contribution in [0.1, 0.15) is 5.69 Å². The Labute approximate surface area is 52.3 Å². The van der Waals surface area contributed by atoms with E-state index in [9.17, 15) is 0 Å². The topological polar surface area (TPSA) is 64.9 Å². The average Bonchev–Trinajstić information content (AvgIpc) is 2.18. The molecule has 1 aromatic rings. The highest BCUT2D eigenvalue weighted by Crippen LogP contribution is 2.05. The second kappa shape index (κ2) is 2.30. The maximum atomic E-state index is 5.29. The molecule has 0 fully saturated rings. The summed E-state index contributed by atoms with van der Waals surface area (Å²) in [5.74, 6) is 0.273. The predicted molar refractivity (Wildman–Crippen MR) is 32.6 cm³/mol. The van der Waals surface area contributed by atoms with Crippen LogP contribution in [0.3, 0.4) is 0 Å². The third-order valence-corrected chi connectivity index (χ3v) is 0.923. The highest BCUT2D eigenvalue weighted by Gasteiger charge is 2.01. The first-order valence-electron chi connectivity index (χ1n) is 2.52. The van der Waals surface area contributed by atoms with Crippen LogP contribution in [0, 0.1) is 0 Å². The van der Waals surface area contributed by atoms with Gasteiger partial charge in [-0.3, -0.25) is 0 Å². The van der Waals surface area contributed by atoms with Crippen LogP contribution < -0.4 is 5.73 Å². The SMILES string of the molecule is C=CCc1nnoc1N. The third kappa shape index (κ3) is 1.07. The zero-order chi connectivity index (χ0) is 6.69. The molecule has 1 rings (SSSR count). The summed E-state index contributed by atoms with van der Waals surface area (Å²) < 4.78 is 4.49. The first-order valence-corrected chi connectivity index (χ1v) is 2.52. The van der Waals surface area contributed by atoms with Crippen LogP contribution in [-0.2, 0) is 6.42 Å². The molecule has 48 valence electrons. The molecule has 4 heteroatoms. The number of nitrogens with zero attached hydrogens (tertiary/aromatic N) is 2. The van der Waals surface area contributed by atoms with Gasteiger partial charge in [-0.2, -0.15) is 0 Å². The van der Waals surface area contributed by atoms with Crippen LogP contribution in [0.4, 0.5) is 5.88 Å². The first-order chi connectivity index (χ1) is 4.34. The first kappa shape index (κ1) is 5.81. The van der Waals surface area contributed by atoms with Crippen molar-refractivity contribution in [3.63, 3.8) is 0 Å². The van der Waals surface area contributed by atoms with Gasteiger partial charge in [0.05, 0.1) is 0 Å². The molecule has 0 spiro atoms. The molecule has 0 bridgehead atoms. The summed E-state index contributed by atoms with van der Waals surface area (Å²) in [6.07, 6.45) is 2.30.